The van der Waals surface area contributed by atoms with Gasteiger partial charge in [-0.2, -0.15) is 0 Å². The minimum atomic E-state index is -1.16. The Morgan fingerprint density at radius 3 is 2.67 bits per heavy atom. The highest BCUT2D eigenvalue weighted by molar-refractivity contribution is 5.05. The Morgan fingerprint density at radius 2 is 2.25 bits per heavy atom. The summed E-state index contributed by atoms with van der Waals surface area (Å²) in [6.45, 7) is 1.26. The molecule has 0 aliphatic carbocycles. The molecule has 5 heteroatoms. The van der Waals surface area contributed by atoms with E-state index in [2.05, 4.69) is 9.97 Å². The van der Waals surface area contributed by atoms with Crippen molar-refractivity contribution < 1.29 is 15.3 Å². The van der Waals surface area contributed by atoms with E-state index in [1.807, 2.05) is 0 Å². The number of aromatic amines is 1. The molecular weight excluding hydrogens is 160 g/mol. The third-order valence-electron chi connectivity index (χ3n) is 1.59. The van der Waals surface area contributed by atoms with Gasteiger partial charge in [0.2, 0.25) is 0 Å². The lowest BCUT2D eigenvalue weighted by Gasteiger charge is -2.12. The van der Waals surface area contributed by atoms with E-state index >= 15 is 0 Å². The van der Waals surface area contributed by atoms with E-state index in [1.54, 1.807) is 6.92 Å². The highest BCUT2D eigenvalue weighted by Gasteiger charge is 2.18. The van der Waals surface area contributed by atoms with Gasteiger partial charge in [0.25, 0.3) is 0 Å². The van der Waals surface area contributed by atoms with Crippen molar-refractivity contribution in [1.29, 1.82) is 0 Å². The molecular formula is C7H12N2O3. The standard InChI is InChI=1S/C7H12N2O3/c1-4-8-2-5(9-4)7(12)6(11)3-10/h2,6-7,10-12H,3H2,1H3,(H,8,9). The lowest BCUT2D eigenvalue weighted by atomic mass is 10.2. The van der Waals surface area contributed by atoms with Crippen molar-refractivity contribution >= 4 is 0 Å². The van der Waals surface area contributed by atoms with Crippen molar-refractivity contribution in [2.75, 3.05) is 6.61 Å². The number of aliphatic hydroxyl groups is 3. The minimum absolute atomic E-state index is 0.411. The van der Waals surface area contributed by atoms with Crippen molar-refractivity contribution in [2.24, 2.45) is 0 Å². The molecule has 0 radical (unpaired) electrons. The van der Waals surface area contributed by atoms with Crippen LogP contribution in [0.2, 0.25) is 0 Å². The lowest BCUT2D eigenvalue weighted by Crippen LogP contribution is -2.22. The normalized spacial score (nSPS) is 16.0. The number of rotatable bonds is 3. The fourth-order valence-electron chi connectivity index (χ4n) is 0.897. The van der Waals surface area contributed by atoms with Crippen LogP contribution < -0.4 is 0 Å². The SMILES string of the molecule is Cc1ncc(C(O)C(O)CO)[nH]1. The average Bonchev–Trinajstić information content (AvgIpc) is 2.49. The smallest absolute Gasteiger partial charge is 0.123 e. The van der Waals surface area contributed by atoms with Crippen LogP contribution in [0.4, 0.5) is 0 Å². The van der Waals surface area contributed by atoms with Gasteiger partial charge >= 0.3 is 0 Å². The Kier molecular flexibility index (Phi) is 2.80. The Morgan fingerprint density at radius 1 is 1.58 bits per heavy atom. The van der Waals surface area contributed by atoms with Gasteiger partial charge in [-0.05, 0) is 6.92 Å². The number of hydrogen-bond acceptors (Lipinski definition) is 4. The average molecular weight is 172 g/mol. The van der Waals surface area contributed by atoms with Gasteiger partial charge in [-0.3, -0.25) is 0 Å². The van der Waals surface area contributed by atoms with Gasteiger partial charge in [0.05, 0.1) is 18.5 Å². The summed E-state index contributed by atoms with van der Waals surface area (Å²) >= 11 is 0. The summed E-state index contributed by atoms with van der Waals surface area (Å²) < 4.78 is 0. The first kappa shape index (κ1) is 9.18. The maximum absolute atomic E-state index is 9.32. The summed E-state index contributed by atoms with van der Waals surface area (Å²) in [5, 5.41) is 26.9. The maximum Gasteiger partial charge on any atom is 0.123 e. The van der Waals surface area contributed by atoms with Gasteiger partial charge in [0.1, 0.15) is 18.0 Å². The number of imidazole rings is 1. The molecule has 0 aliphatic rings. The van der Waals surface area contributed by atoms with E-state index < -0.39 is 18.8 Å². The Bertz CT molecular complexity index is 249. The molecule has 0 spiro atoms. The van der Waals surface area contributed by atoms with Crippen LogP contribution in [-0.4, -0.2) is 38.0 Å². The van der Waals surface area contributed by atoms with Crippen LogP contribution in [-0.2, 0) is 0 Å². The summed E-state index contributed by atoms with van der Waals surface area (Å²) in [5.74, 6) is 0.661. The quantitative estimate of drug-likeness (QED) is 0.476. The molecule has 0 aromatic carbocycles. The number of aliphatic hydroxyl groups excluding tert-OH is 3. The van der Waals surface area contributed by atoms with Crippen LogP contribution in [0.15, 0.2) is 6.20 Å². The zero-order valence-electron chi connectivity index (χ0n) is 6.73. The topological polar surface area (TPSA) is 89.4 Å². The van der Waals surface area contributed by atoms with Gasteiger partial charge in [-0.15, -0.1) is 0 Å². The second-order valence-electron chi connectivity index (χ2n) is 2.62. The third kappa shape index (κ3) is 1.82. The molecule has 5 nitrogen and oxygen atoms in total. The molecule has 0 aliphatic heterocycles. The number of nitrogens with zero attached hydrogens (tertiary/aromatic N) is 1. The number of aromatic nitrogens is 2. The van der Waals surface area contributed by atoms with Crippen molar-refractivity contribution in [1.82, 2.24) is 9.97 Å². The van der Waals surface area contributed by atoms with Gasteiger partial charge in [-0.25, -0.2) is 4.98 Å². The lowest BCUT2D eigenvalue weighted by molar-refractivity contribution is -0.0171. The van der Waals surface area contributed by atoms with Crippen molar-refractivity contribution in [3.05, 3.63) is 17.7 Å². The molecule has 1 aromatic heterocycles. The van der Waals surface area contributed by atoms with Crippen LogP contribution >= 0.6 is 0 Å². The molecule has 0 saturated heterocycles. The maximum atomic E-state index is 9.32. The number of nitrogens with one attached hydrogen (secondary N) is 1. The second kappa shape index (κ2) is 3.66. The first-order valence-electron chi connectivity index (χ1n) is 3.63. The summed E-state index contributed by atoms with van der Waals surface area (Å²) in [4.78, 5) is 6.60. The molecule has 1 rings (SSSR count). The zero-order valence-corrected chi connectivity index (χ0v) is 6.73. The van der Waals surface area contributed by atoms with Crippen LogP contribution in [0.3, 0.4) is 0 Å². The van der Waals surface area contributed by atoms with Gasteiger partial charge in [-0.1, -0.05) is 0 Å². The number of aryl methyl sites for hydroxylation is 1. The Hall–Kier alpha value is -0.910. The first-order chi connectivity index (χ1) is 5.65. The molecule has 0 saturated carbocycles. The van der Waals surface area contributed by atoms with E-state index in [0.29, 0.717) is 11.5 Å². The monoisotopic (exact) mass is 172 g/mol. The van der Waals surface area contributed by atoms with Crippen molar-refractivity contribution in [3.8, 4) is 0 Å². The van der Waals surface area contributed by atoms with Gasteiger partial charge in [0.15, 0.2) is 0 Å². The molecule has 0 bridgehead atoms. The van der Waals surface area contributed by atoms with Gasteiger partial charge in [0, 0.05) is 0 Å². The van der Waals surface area contributed by atoms with Crippen LogP contribution in [0.25, 0.3) is 0 Å². The van der Waals surface area contributed by atoms with E-state index in [4.69, 9.17) is 10.2 Å². The zero-order chi connectivity index (χ0) is 9.14. The molecule has 4 N–H and O–H groups in total. The fraction of sp³-hybridized carbons (Fsp3) is 0.571. The van der Waals surface area contributed by atoms with Crippen LogP contribution in [0, 0.1) is 6.92 Å². The van der Waals surface area contributed by atoms with Crippen molar-refractivity contribution in [2.45, 2.75) is 19.1 Å². The molecule has 68 valence electrons. The molecule has 0 amide bonds. The molecule has 1 aromatic rings. The summed E-state index contributed by atoms with van der Waals surface area (Å²) in [7, 11) is 0. The molecule has 12 heavy (non-hydrogen) atoms. The van der Waals surface area contributed by atoms with Crippen molar-refractivity contribution in [3.63, 3.8) is 0 Å². The molecule has 2 atom stereocenters. The number of H-pyrrole nitrogens is 1. The predicted molar refractivity (Wildman–Crippen MR) is 41.4 cm³/mol. The third-order valence-corrected chi connectivity index (χ3v) is 1.59. The molecule has 1 heterocycles. The van der Waals surface area contributed by atoms with E-state index in [1.165, 1.54) is 6.20 Å². The fourth-order valence-corrected chi connectivity index (χ4v) is 0.897. The summed E-state index contributed by atoms with van der Waals surface area (Å²) in [6, 6.07) is 0. The van der Waals surface area contributed by atoms with E-state index in [9.17, 15) is 5.11 Å². The van der Waals surface area contributed by atoms with Crippen LogP contribution in [0.1, 0.15) is 17.6 Å². The summed E-state index contributed by atoms with van der Waals surface area (Å²) in [6.07, 6.45) is -0.833. The van der Waals surface area contributed by atoms with E-state index in [-0.39, 0.29) is 0 Å². The highest BCUT2D eigenvalue weighted by atomic mass is 16.4. The van der Waals surface area contributed by atoms with E-state index in [0.717, 1.165) is 0 Å². The molecule has 0 fully saturated rings. The minimum Gasteiger partial charge on any atom is -0.394 e. The highest BCUT2D eigenvalue weighted by Crippen LogP contribution is 2.13. The van der Waals surface area contributed by atoms with Gasteiger partial charge < -0.3 is 20.3 Å². The Balaban J connectivity index is 2.70. The largest absolute Gasteiger partial charge is 0.394 e. The number of hydrogen-bond donors (Lipinski definition) is 4. The second-order valence-corrected chi connectivity index (χ2v) is 2.62. The molecule has 2 unspecified atom stereocenters. The Labute approximate surface area is 69.7 Å². The predicted octanol–water partition coefficient (Wildman–Crippen LogP) is -0.895. The summed E-state index contributed by atoms with van der Waals surface area (Å²) in [5.41, 5.74) is 0.411. The van der Waals surface area contributed by atoms with Crippen LogP contribution in [0.5, 0.6) is 0 Å². The first-order valence-corrected chi connectivity index (χ1v) is 3.63.